The van der Waals surface area contributed by atoms with Gasteiger partial charge in [-0.15, -0.1) is 0 Å². The average Bonchev–Trinajstić information content (AvgIpc) is 2.32. The van der Waals surface area contributed by atoms with Crippen molar-refractivity contribution in [3.05, 3.63) is 28.2 Å². The Kier molecular flexibility index (Phi) is 6.97. The number of ether oxygens (including phenoxy) is 1. The molecule has 0 amide bonds. The van der Waals surface area contributed by atoms with E-state index in [0.29, 0.717) is 6.61 Å². The van der Waals surface area contributed by atoms with Gasteiger partial charge in [0.2, 0.25) is 0 Å². The van der Waals surface area contributed by atoms with Crippen molar-refractivity contribution in [2.24, 2.45) is 11.5 Å². The van der Waals surface area contributed by atoms with E-state index in [-0.39, 0.29) is 5.96 Å². The summed E-state index contributed by atoms with van der Waals surface area (Å²) >= 11 is 5.28. The van der Waals surface area contributed by atoms with Gasteiger partial charge in [0.05, 0.1) is 13.2 Å². The molecule has 0 aliphatic heterocycles. The van der Waals surface area contributed by atoms with Gasteiger partial charge in [-0.1, -0.05) is 15.9 Å². The highest BCUT2D eigenvalue weighted by molar-refractivity contribution is 9.10. The van der Waals surface area contributed by atoms with Crippen LogP contribution in [-0.4, -0.2) is 24.9 Å². The fraction of sp³-hybridized carbons (Fsp3) is 0.417. The first-order chi connectivity index (χ1) is 8.63. The fourth-order valence-electron chi connectivity index (χ4n) is 1.41. The number of hydrogen-bond acceptors (Lipinski definition) is 2. The van der Waals surface area contributed by atoms with Crippen molar-refractivity contribution in [3.8, 4) is 5.75 Å². The predicted molar refractivity (Wildman–Crippen MR) is 80.7 cm³/mol. The Labute approximate surface area is 120 Å². The standard InChI is InChI=1S/C12H18BrN3OS/c1-2-17-11-4-3-10(13)7-9(11)8-18-6-5-16-12(14)15/h3-4,7H,2,5-6,8H2,1H3,(H4,14,15,16)/p+1. The molecule has 0 saturated carbocycles. The molecule has 0 aliphatic rings. The lowest BCUT2D eigenvalue weighted by molar-refractivity contribution is -0.453. The Bertz CT molecular complexity index is 408. The molecule has 1 aromatic carbocycles. The van der Waals surface area contributed by atoms with Crippen LogP contribution in [0, 0.1) is 0 Å². The van der Waals surface area contributed by atoms with E-state index in [0.717, 1.165) is 28.3 Å². The highest BCUT2D eigenvalue weighted by atomic mass is 79.9. The lowest BCUT2D eigenvalue weighted by atomic mass is 10.2. The first-order valence-electron chi connectivity index (χ1n) is 5.74. The second-order valence-electron chi connectivity index (χ2n) is 3.62. The van der Waals surface area contributed by atoms with E-state index in [1.165, 1.54) is 5.56 Å². The van der Waals surface area contributed by atoms with Gasteiger partial charge < -0.3 is 4.74 Å². The van der Waals surface area contributed by atoms with Crippen LogP contribution in [0.15, 0.2) is 22.7 Å². The van der Waals surface area contributed by atoms with Crippen LogP contribution in [0.1, 0.15) is 12.5 Å². The van der Waals surface area contributed by atoms with E-state index in [9.17, 15) is 0 Å². The zero-order valence-electron chi connectivity index (χ0n) is 10.4. The maximum absolute atomic E-state index is 5.59. The first kappa shape index (κ1) is 15.2. The molecule has 6 heteroatoms. The maximum atomic E-state index is 5.59. The van der Waals surface area contributed by atoms with Gasteiger partial charge in [0, 0.05) is 21.5 Å². The molecule has 5 N–H and O–H groups in total. The minimum atomic E-state index is 0.271. The maximum Gasteiger partial charge on any atom is 0.338 e. The highest BCUT2D eigenvalue weighted by Crippen LogP contribution is 2.26. The minimum Gasteiger partial charge on any atom is -0.494 e. The molecular weight excluding hydrogens is 314 g/mol. The third-order valence-electron chi connectivity index (χ3n) is 2.16. The molecule has 0 bridgehead atoms. The SMILES string of the molecule is CCOc1ccc(Br)cc1CSCC[NH+]=C(N)N. The number of thioether (sulfide) groups is 1. The summed E-state index contributed by atoms with van der Waals surface area (Å²) in [6.45, 7) is 3.44. The molecule has 0 spiro atoms. The van der Waals surface area contributed by atoms with Gasteiger partial charge in [-0.05, 0) is 25.1 Å². The summed E-state index contributed by atoms with van der Waals surface area (Å²) in [6.07, 6.45) is 0. The summed E-state index contributed by atoms with van der Waals surface area (Å²) in [5.74, 6) is 3.07. The first-order valence-corrected chi connectivity index (χ1v) is 7.69. The lowest BCUT2D eigenvalue weighted by Gasteiger charge is -2.10. The number of halogens is 1. The quantitative estimate of drug-likeness (QED) is 0.384. The number of guanidine groups is 1. The van der Waals surface area contributed by atoms with Crippen LogP contribution in [0.3, 0.4) is 0 Å². The van der Waals surface area contributed by atoms with Crippen molar-refractivity contribution in [3.63, 3.8) is 0 Å². The van der Waals surface area contributed by atoms with Crippen molar-refractivity contribution in [1.82, 2.24) is 0 Å². The Hall–Kier alpha value is -0.880. The van der Waals surface area contributed by atoms with E-state index < -0.39 is 0 Å². The third-order valence-corrected chi connectivity index (χ3v) is 3.66. The summed E-state index contributed by atoms with van der Waals surface area (Å²) in [5, 5.41) is 0. The Morgan fingerprint density at radius 1 is 1.44 bits per heavy atom. The normalized spacial score (nSPS) is 10.1. The molecule has 18 heavy (non-hydrogen) atoms. The van der Waals surface area contributed by atoms with Crippen LogP contribution >= 0.6 is 27.7 Å². The van der Waals surface area contributed by atoms with Crippen LogP contribution in [-0.2, 0) is 5.75 Å². The molecule has 0 unspecified atom stereocenters. The van der Waals surface area contributed by atoms with Crippen molar-refractivity contribution in [2.45, 2.75) is 12.7 Å². The molecule has 4 nitrogen and oxygen atoms in total. The number of nitrogens with one attached hydrogen (secondary N) is 1. The topological polar surface area (TPSA) is 75.2 Å². The van der Waals surface area contributed by atoms with E-state index >= 15 is 0 Å². The Morgan fingerprint density at radius 3 is 2.89 bits per heavy atom. The number of rotatable bonds is 7. The second-order valence-corrected chi connectivity index (χ2v) is 5.64. The zero-order valence-corrected chi connectivity index (χ0v) is 12.8. The number of nitrogens with two attached hydrogens (primary N) is 2. The molecule has 0 fully saturated rings. The molecule has 1 rings (SSSR count). The lowest BCUT2D eigenvalue weighted by Crippen LogP contribution is -2.78. The fourth-order valence-corrected chi connectivity index (χ4v) is 2.65. The van der Waals surface area contributed by atoms with Gasteiger partial charge in [-0.2, -0.15) is 11.8 Å². The smallest absolute Gasteiger partial charge is 0.338 e. The molecule has 0 aliphatic carbocycles. The van der Waals surface area contributed by atoms with Crippen molar-refractivity contribution in [1.29, 1.82) is 0 Å². The average molecular weight is 333 g/mol. The molecule has 0 aromatic heterocycles. The highest BCUT2D eigenvalue weighted by Gasteiger charge is 2.04. The molecule has 1 aromatic rings. The summed E-state index contributed by atoms with van der Waals surface area (Å²) in [7, 11) is 0. The van der Waals surface area contributed by atoms with Crippen LogP contribution in [0.4, 0.5) is 0 Å². The monoisotopic (exact) mass is 332 g/mol. The number of hydrogen-bond donors (Lipinski definition) is 3. The van der Waals surface area contributed by atoms with Gasteiger partial charge in [-0.3, -0.25) is 16.5 Å². The zero-order chi connectivity index (χ0) is 13.4. The van der Waals surface area contributed by atoms with Gasteiger partial charge in [0.25, 0.3) is 0 Å². The van der Waals surface area contributed by atoms with E-state index in [1.807, 2.05) is 30.8 Å². The summed E-state index contributed by atoms with van der Waals surface area (Å²) in [4.78, 5) is 2.89. The van der Waals surface area contributed by atoms with Crippen molar-refractivity contribution >= 4 is 33.7 Å². The third kappa shape index (κ3) is 5.64. The van der Waals surface area contributed by atoms with E-state index in [4.69, 9.17) is 16.2 Å². The summed E-state index contributed by atoms with van der Waals surface area (Å²) in [5.41, 5.74) is 11.8. The second kappa shape index (κ2) is 8.26. The number of benzene rings is 1. The van der Waals surface area contributed by atoms with Gasteiger partial charge in [-0.25, -0.2) is 0 Å². The van der Waals surface area contributed by atoms with Gasteiger partial charge in [0.1, 0.15) is 5.75 Å². The molecule has 0 radical (unpaired) electrons. The van der Waals surface area contributed by atoms with E-state index in [2.05, 4.69) is 27.0 Å². The van der Waals surface area contributed by atoms with Crippen LogP contribution in [0.25, 0.3) is 0 Å². The Morgan fingerprint density at radius 2 is 2.22 bits per heavy atom. The molecule has 0 saturated heterocycles. The predicted octanol–water partition coefficient (Wildman–Crippen LogP) is 0.435. The van der Waals surface area contributed by atoms with Crippen LogP contribution in [0.5, 0.6) is 5.75 Å². The van der Waals surface area contributed by atoms with Crippen molar-refractivity contribution in [2.75, 3.05) is 18.9 Å². The van der Waals surface area contributed by atoms with Gasteiger partial charge >= 0.3 is 5.96 Å². The largest absolute Gasteiger partial charge is 0.494 e. The Balaban J connectivity index is 2.49. The summed E-state index contributed by atoms with van der Waals surface area (Å²) < 4.78 is 6.66. The molecule has 0 heterocycles. The summed E-state index contributed by atoms with van der Waals surface area (Å²) in [6, 6.07) is 6.08. The minimum absolute atomic E-state index is 0.271. The van der Waals surface area contributed by atoms with Gasteiger partial charge in [0.15, 0.2) is 0 Å². The van der Waals surface area contributed by atoms with E-state index in [1.54, 1.807) is 0 Å². The molecular formula is C12H19BrN3OS+. The van der Waals surface area contributed by atoms with Crippen LogP contribution < -0.4 is 21.2 Å². The molecule has 100 valence electrons. The van der Waals surface area contributed by atoms with Crippen molar-refractivity contribution < 1.29 is 9.73 Å². The molecule has 0 atom stereocenters. The van der Waals surface area contributed by atoms with Crippen LogP contribution in [0.2, 0.25) is 0 Å².